The molecule has 5 nitrogen and oxygen atoms in total. The smallest absolute Gasteiger partial charge is 0.210 e. The Kier molecular flexibility index (Phi) is 6.20. The van der Waals surface area contributed by atoms with E-state index in [1.807, 2.05) is 6.07 Å². The van der Waals surface area contributed by atoms with Crippen LogP contribution in [0.1, 0.15) is 108 Å². The molecule has 0 unspecified atom stereocenters. The molecule has 3 aromatic rings. The second-order valence-electron chi connectivity index (χ2n) is 13.3. The number of carbonyl (C=O) groups is 1. The quantitative estimate of drug-likeness (QED) is 0.349. The lowest BCUT2D eigenvalue weighted by Crippen LogP contribution is -2.41. The minimum absolute atomic E-state index is 0.267. The maximum absolute atomic E-state index is 12.7. The SMILES string of the molecule is CC(C)c1ccc(C(=O)[O-])c(C2=c3cc4c5c(c3Oc3c2cc2c6c3CCCN6CCCC2)CCC[N+]=5CCCC4)c1. The highest BCUT2D eigenvalue weighted by atomic mass is 16.5. The summed E-state index contributed by atoms with van der Waals surface area (Å²) >= 11 is 0. The maximum Gasteiger partial charge on any atom is 0.210 e. The number of nitrogens with zero attached hydrogens (tertiary/aromatic N) is 2. The molecule has 5 aliphatic rings. The molecule has 0 spiro atoms. The van der Waals surface area contributed by atoms with Crippen LogP contribution >= 0.6 is 0 Å². The van der Waals surface area contributed by atoms with Crippen LogP contribution in [0.2, 0.25) is 0 Å². The van der Waals surface area contributed by atoms with Gasteiger partial charge in [-0.25, -0.2) is 4.58 Å². The summed E-state index contributed by atoms with van der Waals surface area (Å²) in [6.45, 7) is 8.75. The summed E-state index contributed by atoms with van der Waals surface area (Å²) in [5.74, 6) is 1.09. The molecular formula is C37H40N2O3. The highest BCUT2D eigenvalue weighted by molar-refractivity contribution is 5.98. The lowest BCUT2D eigenvalue weighted by Gasteiger charge is -2.36. The molecular weight excluding hydrogens is 520 g/mol. The first-order chi connectivity index (χ1) is 20.5. The highest BCUT2D eigenvalue weighted by Gasteiger charge is 2.35. The maximum atomic E-state index is 12.7. The Morgan fingerprint density at radius 3 is 2.48 bits per heavy atom. The topological polar surface area (TPSA) is 55.6 Å². The van der Waals surface area contributed by atoms with Crippen LogP contribution in [0.5, 0.6) is 11.5 Å². The molecule has 0 aromatic heterocycles. The lowest BCUT2D eigenvalue weighted by molar-refractivity contribution is -0.255. The van der Waals surface area contributed by atoms with Gasteiger partial charge in [-0.15, -0.1) is 0 Å². The molecule has 0 saturated heterocycles. The minimum atomic E-state index is -1.12. The normalized spacial score (nSPS) is 18.8. The molecule has 216 valence electrons. The van der Waals surface area contributed by atoms with Gasteiger partial charge in [-0.05, 0) is 86.1 Å². The first kappa shape index (κ1) is 26.1. The number of carboxylic acid groups (broad SMARTS) is 1. The van der Waals surface area contributed by atoms with Crippen LogP contribution in [0, 0.1) is 0 Å². The predicted molar refractivity (Wildman–Crippen MR) is 164 cm³/mol. The van der Waals surface area contributed by atoms with Gasteiger partial charge in [0.15, 0.2) is 0 Å². The van der Waals surface area contributed by atoms with Crippen LogP contribution in [0.3, 0.4) is 0 Å². The fourth-order valence-corrected chi connectivity index (χ4v) is 8.43. The summed E-state index contributed by atoms with van der Waals surface area (Å²) in [7, 11) is 0. The van der Waals surface area contributed by atoms with Gasteiger partial charge < -0.3 is 19.5 Å². The zero-order valence-electron chi connectivity index (χ0n) is 25.0. The molecule has 0 N–H and O–H groups in total. The van der Waals surface area contributed by atoms with Gasteiger partial charge in [0, 0.05) is 64.7 Å². The summed E-state index contributed by atoms with van der Waals surface area (Å²) in [5.41, 5.74) is 11.1. The van der Waals surface area contributed by atoms with E-state index in [0.29, 0.717) is 0 Å². The monoisotopic (exact) mass is 560 g/mol. The van der Waals surface area contributed by atoms with E-state index in [-0.39, 0.29) is 11.5 Å². The Balaban J connectivity index is 1.54. The number of hydrogen-bond donors (Lipinski definition) is 0. The Labute approximate surface area is 248 Å². The van der Waals surface area contributed by atoms with E-state index in [1.165, 1.54) is 59.0 Å². The average molecular weight is 561 g/mol. The average Bonchev–Trinajstić information content (AvgIpc) is 3.34. The first-order valence-corrected chi connectivity index (χ1v) is 16.3. The van der Waals surface area contributed by atoms with Crippen LogP contribution in [-0.2, 0) is 25.7 Å². The molecule has 0 amide bonds. The Morgan fingerprint density at radius 1 is 0.833 bits per heavy atom. The van der Waals surface area contributed by atoms with Crippen molar-refractivity contribution in [2.75, 3.05) is 31.1 Å². The van der Waals surface area contributed by atoms with Crippen molar-refractivity contribution in [2.45, 2.75) is 84.0 Å². The number of ether oxygens (including phenoxy) is 1. The number of fused-ring (bicyclic) bond motifs is 4. The second kappa shape index (κ2) is 10.00. The van der Waals surface area contributed by atoms with Crippen LogP contribution in [0.4, 0.5) is 5.69 Å². The Hall–Kier alpha value is -3.60. The third-order valence-electron chi connectivity index (χ3n) is 10.4. The van der Waals surface area contributed by atoms with Gasteiger partial charge >= 0.3 is 0 Å². The lowest BCUT2D eigenvalue weighted by atomic mass is 9.82. The largest absolute Gasteiger partial charge is 0.545 e. The van der Waals surface area contributed by atoms with Gasteiger partial charge in [0.1, 0.15) is 24.6 Å². The van der Waals surface area contributed by atoms with E-state index < -0.39 is 5.97 Å². The standard InChI is InChI=1S/C37H40N2O3/c1-22(2)23-13-14-26(37(40)41)29(19-23)32-30-20-24-9-3-5-15-38-17-7-11-27(33(24)38)35(30)42-36-28-12-8-18-39-16-6-4-10-25(34(28)39)21-31(32)36/h13-14,19-22H,3-12,15-18H2,1-2H3. The number of benzene rings is 3. The van der Waals surface area contributed by atoms with Crippen molar-refractivity contribution in [3.63, 3.8) is 0 Å². The van der Waals surface area contributed by atoms with E-state index in [4.69, 9.17) is 4.74 Å². The number of anilines is 1. The second-order valence-corrected chi connectivity index (χ2v) is 13.3. The first-order valence-electron chi connectivity index (χ1n) is 16.3. The van der Waals surface area contributed by atoms with Crippen molar-refractivity contribution in [3.05, 3.63) is 85.4 Å². The van der Waals surface area contributed by atoms with Crippen molar-refractivity contribution in [1.82, 2.24) is 4.58 Å². The van der Waals surface area contributed by atoms with Gasteiger partial charge in [0.25, 0.3) is 0 Å². The third-order valence-corrected chi connectivity index (χ3v) is 10.4. The van der Waals surface area contributed by atoms with Crippen molar-refractivity contribution < 1.29 is 14.6 Å². The molecule has 0 saturated carbocycles. The number of aryl methyl sites for hydroxylation is 2. The molecule has 5 aliphatic heterocycles. The third kappa shape index (κ3) is 3.95. The zero-order chi connectivity index (χ0) is 28.5. The number of rotatable bonds is 3. The molecule has 0 radical (unpaired) electrons. The van der Waals surface area contributed by atoms with Gasteiger partial charge in [-0.1, -0.05) is 32.0 Å². The van der Waals surface area contributed by atoms with Gasteiger partial charge in [0.2, 0.25) is 5.36 Å². The summed E-state index contributed by atoms with van der Waals surface area (Å²) < 4.78 is 9.78. The molecule has 0 atom stereocenters. The molecule has 5 heterocycles. The fraction of sp³-hybridized carbons (Fsp3) is 0.459. The number of carboxylic acids is 1. The molecule has 42 heavy (non-hydrogen) atoms. The number of aromatic carboxylic acids is 1. The summed E-state index contributed by atoms with van der Waals surface area (Å²) in [6.07, 6.45) is 11.1. The van der Waals surface area contributed by atoms with Crippen LogP contribution < -0.4 is 29.9 Å². The van der Waals surface area contributed by atoms with E-state index in [2.05, 4.69) is 41.5 Å². The molecule has 0 aliphatic carbocycles. The van der Waals surface area contributed by atoms with Crippen molar-refractivity contribution >= 4 is 17.2 Å². The summed E-state index contributed by atoms with van der Waals surface area (Å²) in [4.78, 5) is 15.3. The summed E-state index contributed by atoms with van der Waals surface area (Å²) in [5, 5.41) is 15.2. The van der Waals surface area contributed by atoms with Crippen molar-refractivity contribution in [3.8, 4) is 11.5 Å². The van der Waals surface area contributed by atoms with E-state index in [1.54, 1.807) is 6.07 Å². The van der Waals surface area contributed by atoms with Gasteiger partial charge in [0.05, 0.1) is 11.5 Å². The van der Waals surface area contributed by atoms with Gasteiger partial charge in [-0.3, -0.25) is 0 Å². The van der Waals surface area contributed by atoms with Gasteiger partial charge in [-0.2, -0.15) is 0 Å². The van der Waals surface area contributed by atoms with E-state index in [0.717, 1.165) is 104 Å². The van der Waals surface area contributed by atoms with Crippen molar-refractivity contribution in [1.29, 1.82) is 0 Å². The number of hydrogen-bond acceptors (Lipinski definition) is 4. The predicted octanol–water partition coefficient (Wildman–Crippen LogP) is 4.39. The Morgan fingerprint density at radius 2 is 1.62 bits per heavy atom. The molecule has 0 bridgehead atoms. The fourth-order valence-electron chi connectivity index (χ4n) is 8.43. The molecule has 0 fully saturated rings. The van der Waals surface area contributed by atoms with Crippen LogP contribution in [0.25, 0.3) is 5.57 Å². The number of carbonyl (C=O) groups excluding carboxylic acids is 1. The van der Waals surface area contributed by atoms with Crippen LogP contribution in [-0.4, -0.2) is 32.1 Å². The zero-order valence-corrected chi connectivity index (χ0v) is 25.0. The minimum Gasteiger partial charge on any atom is -0.545 e. The van der Waals surface area contributed by atoms with Crippen LogP contribution in [0.15, 0.2) is 30.3 Å². The van der Waals surface area contributed by atoms with E-state index in [9.17, 15) is 9.90 Å². The molecule has 3 aromatic carbocycles. The molecule has 8 rings (SSSR count). The molecule has 5 heteroatoms. The summed E-state index contributed by atoms with van der Waals surface area (Å²) in [6, 6.07) is 10.6. The van der Waals surface area contributed by atoms with Crippen molar-refractivity contribution in [2.24, 2.45) is 0 Å². The highest BCUT2D eigenvalue weighted by Crippen LogP contribution is 2.48. The van der Waals surface area contributed by atoms with E-state index >= 15 is 0 Å². The Bertz CT molecular complexity index is 1780.